The highest BCUT2D eigenvalue weighted by atomic mass is 28.4. The molecule has 1 heterocycles. The molecule has 1 saturated heterocycles. The fourth-order valence-corrected chi connectivity index (χ4v) is 6.01. The van der Waals surface area contributed by atoms with Crippen LogP contribution in [0.25, 0.3) is 0 Å². The fourth-order valence-electron chi connectivity index (χ4n) is 4.58. The van der Waals surface area contributed by atoms with E-state index in [1.807, 2.05) is 93.3 Å². The zero-order valence-electron chi connectivity index (χ0n) is 23.9. The molecule has 0 aromatic heterocycles. The van der Waals surface area contributed by atoms with Crippen LogP contribution in [0.4, 0.5) is 4.79 Å². The normalized spacial score (nSPS) is 20.1. The van der Waals surface area contributed by atoms with Crippen LogP contribution < -0.4 is 5.32 Å². The van der Waals surface area contributed by atoms with Gasteiger partial charge < -0.3 is 19.4 Å². The number of nitrogens with one attached hydrogen (secondary N) is 1. The monoisotopic (exact) mass is 524 g/mol. The van der Waals surface area contributed by atoms with Crippen molar-refractivity contribution in [1.29, 1.82) is 0 Å². The molecule has 1 aliphatic rings. The second-order valence-electron chi connectivity index (χ2n) is 12.6. The predicted octanol–water partition coefficient (Wildman–Crippen LogP) is 6.69. The number of alkyl carbamates (subject to hydrolysis) is 1. The summed E-state index contributed by atoms with van der Waals surface area (Å²) >= 11 is 0. The van der Waals surface area contributed by atoms with Crippen LogP contribution in [0.15, 0.2) is 60.7 Å². The first-order chi connectivity index (χ1) is 17.1. The maximum atomic E-state index is 13.8. The van der Waals surface area contributed by atoms with Crippen LogP contribution in [0.1, 0.15) is 65.6 Å². The van der Waals surface area contributed by atoms with Gasteiger partial charge in [-0.05, 0) is 57.0 Å². The lowest BCUT2D eigenvalue weighted by Gasteiger charge is -2.52. The van der Waals surface area contributed by atoms with Crippen molar-refractivity contribution in [2.75, 3.05) is 0 Å². The van der Waals surface area contributed by atoms with Crippen LogP contribution in [-0.2, 0) is 20.5 Å². The Balaban J connectivity index is 1.97. The minimum absolute atomic E-state index is 0.00412. The Morgan fingerprint density at radius 3 is 2.03 bits per heavy atom. The van der Waals surface area contributed by atoms with Crippen molar-refractivity contribution in [3.63, 3.8) is 0 Å². The smallest absolute Gasteiger partial charge is 0.407 e. The Kier molecular flexibility index (Phi) is 8.59. The highest BCUT2D eigenvalue weighted by molar-refractivity contribution is 6.74. The standard InChI is InChI=1S/C30H44N2O4Si/c1-21(36-37(8,9)30(5,6)7)25(31-28(34)35-29(2,3)4)24-26(23-18-14-11-15-19-23)32(27(24)33)20-22-16-12-10-13-17-22/h10-19,21,24-26H,20H2,1-9H3,(H,31,34)/t21?,24-,25+,26-/m1/s1. The van der Waals surface area contributed by atoms with Gasteiger partial charge in [-0.2, -0.15) is 0 Å². The van der Waals surface area contributed by atoms with E-state index < -0.39 is 32.0 Å². The number of β-lactam (4-membered cyclic amide) rings is 1. The van der Waals surface area contributed by atoms with Gasteiger partial charge in [0.15, 0.2) is 8.32 Å². The van der Waals surface area contributed by atoms with Crippen molar-refractivity contribution in [3.8, 4) is 0 Å². The summed E-state index contributed by atoms with van der Waals surface area (Å²) < 4.78 is 12.4. The van der Waals surface area contributed by atoms with E-state index >= 15 is 0 Å². The van der Waals surface area contributed by atoms with Gasteiger partial charge in [0.1, 0.15) is 5.60 Å². The first-order valence-corrected chi connectivity index (χ1v) is 16.1. The van der Waals surface area contributed by atoms with Crippen LogP contribution in [0.3, 0.4) is 0 Å². The van der Waals surface area contributed by atoms with Gasteiger partial charge in [0.25, 0.3) is 0 Å². The average molecular weight is 525 g/mol. The molecule has 1 N–H and O–H groups in total. The first-order valence-electron chi connectivity index (χ1n) is 13.2. The summed E-state index contributed by atoms with van der Waals surface area (Å²) in [7, 11) is -2.18. The molecule has 0 spiro atoms. The quantitative estimate of drug-likeness (QED) is 0.309. The van der Waals surface area contributed by atoms with Gasteiger partial charge in [0.05, 0.1) is 24.1 Å². The predicted molar refractivity (Wildman–Crippen MR) is 151 cm³/mol. The molecule has 3 rings (SSSR count). The number of ether oxygens (including phenoxy) is 1. The van der Waals surface area contributed by atoms with Gasteiger partial charge in [0, 0.05) is 6.54 Å². The Bertz CT molecular complexity index is 1060. The van der Waals surface area contributed by atoms with Crippen LogP contribution in [0, 0.1) is 5.92 Å². The maximum absolute atomic E-state index is 13.8. The van der Waals surface area contributed by atoms with Crippen molar-refractivity contribution in [3.05, 3.63) is 71.8 Å². The van der Waals surface area contributed by atoms with E-state index in [9.17, 15) is 9.59 Å². The van der Waals surface area contributed by atoms with Crippen molar-refractivity contribution in [2.24, 2.45) is 5.92 Å². The Labute approximate surface area is 223 Å². The molecule has 1 fully saturated rings. The summed E-state index contributed by atoms with van der Waals surface area (Å²) in [6.07, 6.45) is -0.920. The molecule has 0 bridgehead atoms. The van der Waals surface area contributed by atoms with Crippen molar-refractivity contribution < 1.29 is 18.8 Å². The van der Waals surface area contributed by atoms with Crippen molar-refractivity contribution in [1.82, 2.24) is 10.2 Å². The van der Waals surface area contributed by atoms with E-state index in [1.54, 1.807) is 0 Å². The Hall–Kier alpha value is -2.64. The molecule has 2 amide bonds. The number of likely N-dealkylation sites (tertiary alicyclic amines) is 1. The highest BCUT2D eigenvalue weighted by Gasteiger charge is 2.54. The fraction of sp³-hybridized carbons (Fsp3) is 0.533. The van der Waals surface area contributed by atoms with E-state index in [4.69, 9.17) is 9.16 Å². The molecule has 0 aliphatic carbocycles. The Morgan fingerprint density at radius 2 is 1.51 bits per heavy atom. The Morgan fingerprint density at radius 1 is 0.973 bits per heavy atom. The van der Waals surface area contributed by atoms with Crippen molar-refractivity contribution >= 4 is 20.3 Å². The number of hydrogen-bond acceptors (Lipinski definition) is 4. The molecule has 0 radical (unpaired) electrons. The second kappa shape index (κ2) is 11.0. The number of carbonyl (C=O) groups excluding carboxylic acids is 2. The zero-order chi connectivity index (χ0) is 27.6. The molecule has 1 unspecified atom stereocenters. The summed E-state index contributed by atoms with van der Waals surface area (Å²) in [6.45, 7) is 18.9. The summed E-state index contributed by atoms with van der Waals surface area (Å²) in [5, 5.41) is 3.04. The van der Waals surface area contributed by atoms with Gasteiger partial charge in [-0.1, -0.05) is 81.4 Å². The first kappa shape index (κ1) is 28.9. The van der Waals surface area contributed by atoms with Crippen LogP contribution in [-0.4, -0.2) is 43.0 Å². The third kappa shape index (κ3) is 7.02. The number of nitrogens with zero attached hydrogens (tertiary/aromatic N) is 1. The number of carbonyl (C=O) groups is 2. The van der Waals surface area contributed by atoms with Crippen molar-refractivity contribution in [2.45, 2.75) is 96.9 Å². The number of hydrogen-bond donors (Lipinski definition) is 1. The zero-order valence-corrected chi connectivity index (χ0v) is 24.9. The molecule has 1 aliphatic heterocycles. The molecular formula is C30H44N2O4Si. The molecule has 6 nitrogen and oxygen atoms in total. The highest BCUT2D eigenvalue weighted by Crippen LogP contribution is 2.45. The molecule has 7 heteroatoms. The maximum Gasteiger partial charge on any atom is 0.407 e. The molecule has 37 heavy (non-hydrogen) atoms. The van der Waals surface area contributed by atoms with Crippen LogP contribution in [0.5, 0.6) is 0 Å². The largest absolute Gasteiger partial charge is 0.444 e. The van der Waals surface area contributed by atoms with Gasteiger partial charge in [-0.15, -0.1) is 0 Å². The van der Waals surface area contributed by atoms with E-state index in [1.165, 1.54) is 0 Å². The van der Waals surface area contributed by atoms with E-state index in [-0.39, 0.29) is 23.1 Å². The number of benzene rings is 2. The third-order valence-corrected chi connectivity index (χ3v) is 12.0. The summed E-state index contributed by atoms with van der Waals surface area (Å²) in [4.78, 5) is 28.7. The molecule has 2 aromatic rings. The van der Waals surface area contributed by atoms with Gasteiger partial charge in [-0.3, -0.25) is 4.79 Å². The van der Waals surface area contributed by atoms with Gasteiger partial charge in [-0.25, -0.2) is 4.79 Å². The number of amides is 2. The van der Waals surface area contributed by atoms with Gasteiger partial charge >= 0.3 is 6.09 Å². The number of rotatable bonds is 8. The lowest BCUT2D eigenvalue weighted by molar-refractivity contribution is -0.162. The molecule has 4 atom stereocenters. The molecule has 202 valence electrons. The van der Waals surface area contributed by atoms with Gasteiger partial charge in [0.2, 0.25) is 5.91 Å². The van der Waals surface area contributed by atoms with E-state index in [0.29, 0.717) is 6.54 Å². The molecule has 2 aromatic carbocycles. The third-order valence-electron chi connectivity index (χ3n) is 7.44. The minimum Gasteiger partial charge on any atom is -0.444 e. The summed E-state index contributed by atoms with van der Waals surface area (Å²) in [6, 6.07) is 19.3. The van der Waals surface area contributed by atoms with Crippen LogP contribution >= 0.6 is 0 Å². The average Bonchev–Trinajstić information content (AvgIpc) is 2.78. The lowest BCUT2D eigenvalue weighted by atomic mass is 9.75. The lowest BCUT2D eigenvalue weighted by Crippen LogP contribution is -2.65. The second-order valence-corrected chi connectivity index (χ2v) is 17.3. The summed E-state index contributed by atoms with van der Waals surface area (Å²) in [5.74, 6) is -0.470. The van der Waals surface area contributed by atoms with Crippen LogP contribution in [0.2, 0.25) is 18.1 Å². The molecular weight excluding hydrogens is 480 g/mol. The van der Waals surface area contributed by atoms with E-state index in [0.717, 1.165) is 11.1 Å². The summed E-state index contributed by atoms with van der Waals surface area (Å²) in [5.41, 5.74) is 1.45. The van der Waals surface area contributed by atoms with E-state index in [2.05, 4.69) is 39.2 Å². The molecule has 0 saturated carbocycles. The topological polar surface area (TPSA) is 67.9 Å². The minimum atomic E-state index is -2.18. The SMILES string of the molecule is CC(O[Si](C)(C)C(C)(C)C)[C@H](NC(=O)OC(C)(C)C)[C@H]1C(=O)N(Cc2ccccc2)[C@@H]1c1ccccc1.